The molecular weight excluding hydrogens is 240 g/mol. The minimum atomic E-state index is 0.237. The molecule has 1 unspecified atom stereocenters. The zero-order chi connectivity index (χ0) is 13.8. The lowest BCUT2D eigenvalue weighted by Crippen LogP contribution is -2.31. The van der Waals surface area contributed by atoms with Gasteiger partial charge < -0.3 is 15.8 Å². The zero-order valence-corrected chi connectivity index (χ0v) is 12.0. The molecule has 106 valence electrons. The van der Waals surface area contributed by atoms with Gasteiger partial charge in [-0.3, -0.25) is 0 Å². The molecule has 0 bridgehead atoms. The van der Waals surface area contributed by atoms with Crippen LogP contribution in [-0.2, 0) is 4.74 Å². The molecule has 0 aliphatic heterocycles. The van der Waals surface area contributed by atoms with E-state index in [4.69, 9.17) is 10.5 Å². The molecule has 1 aliphatic carbocycles. The van der Waals surface area contributed by atoms with E-state index in [0.717, 1.165) is 18.2 Å². The lowest BCUT2D eigenvalue weighted by Gasteiger charge is -2.23. The number of rotatable bonds is 7. The average molecular weight is 264 g/mol. The molecule has 1 aromatic heterocycles. The van der Waals surface area contributed by atoms with Crippen LogP contribution in [0.4, 0.5) is 11.6 Å². The second-order valence-electron chi connectivity index (χ2n) is 5.46. The fourth-order valence-electron chi connectivity index (χ4n) is 1.92. The first-order valence-corrected chi connectivity index (χ1v) is 7.09. The first-order chi connectivity index (χ1) is 9.10. The Labute approximate surface area is 115 Å². The number of anilines is 2. The lowest BCUT2D eigenvalue weighted by molar-refractivity contribution is 0.126. The van der Waals surface area contributed by atoms with E-state index in [2.05, 4.69) is 29.1 Å². The number of ether oxygens (including phenoxy) is 1. The Morgan fingerprint density at radius 3 is 2.74 bits per heavy atom. The summed E-state index contributed by atoms with van der Waals surface area (Å²) < 4.78 is 5.51. The highest BCUT2D eigenvalue weighted by Gasteiger charge is 2.27. The molecule has 0 amide bonds. The number of aromatic nitrogens is 2. The summed E-state index contributed by atoms with van der Waals surface area (Å²) in [5.41, 5.74) is 5.85. The van der Waals surface area contributed by atoms with Gasteiger partial charge in [0.1, 0.15) is 17.5 Å². The molecule has 0 saturated heterocycles. The van der Waals surface area contributed by atoms with Crippen molar-refractivity contribution < 1.29 is 4.74 Å². The van der Waals surface area contributed by atoms with Crippen LogP contribution in [0.3, 0.4) is 0 Å². The van der Waals surface area contributed by atoms with E-state index in [0.29, 0.717) is 24.3 Å². The van der Waals surface area contributed by atoms with Crippen molar-refractivity contribution in [1.29, 1.82) is 0 Å². The summed E-state index contributed by atoms with van der Waals surface area (Å²) in [5, 5.41) is 3.42. The van der Waals surface area contributed by atoms with Gasteiger partial charge in [-0.1, -0.05) is 13.8 Å². The topological polar surface area (TPSA) is 73.1 Å². The van der Waals surface area contributed by atoms with Gasteiger partial charge in [0.2, 0.25) is 0 Å². The van der Waals surface area contributed by atoms with Gasteiger partial charge in [-0.05, 0) is 25.7 Å². The van der Waals surface area contributed by atoms with Crippen LogP contribution < -0.4 is 11.1 Å². The molecule has 0 aromatic carbocycles. The molecule has 19 heavy (non-hydrogen) atoms. The SMILES string of the molecule is CCOCC(Nc1cc(N)nc(C2CC2)n1)C(C)C. The summed E-state index contributed by atoms with van der Waals surface area (Å²) in [5.74, 6) is 3.20. The highest BCUT2D eigenvalue weighted by molar-refractivity contribution is 5.46. The van der Waals surface area contributed by atoms with Crippen molar-refractivity contribution in [2.75, 3.05) is 24.3 Å². The Hall–Kier alpha value is -1.36. The average Bonchev–Trinajstić information content (AvgIpc) is 3.17. The van der Waals surface area contributed by atoms with Crippen LogP contribution in [0.25, 0.3) is 0 Å². The molecule has 5 nitrogen and oxygen atoms in total. The first-order valence-electron chi connectivity index (χ1n) is 7.09. The molecule has 0 spiro atoms. The predicted octanol–water partition coefficient (Wildman–Crippen LogP) is 2.41. The molecule has 1 aliphatic rings. The third-order valence-electron chi connectivity index (χ3n) is 3.35. The van der Waals surface area contributed by atoms with Gasteiger partial charge in [0.25, 0.3) is 0 Å². The fraction of sp³-hybridized carbons (Fsp3) is 0.714. The van der Waals surface area contributed by atoms with Crippen molar-refractivity contribution in [3.05, 3.63) is 11.9 Å². The van der Waals surface area contributed by atoms with Crippen molar-refractivity contribution in [1.82, 2.24) is 9.97 Å². The van der Waals surface area contributed by atoms with E-state index >= 15 is 0 Å². The standard InChI is InChI=1S/C14H24N4O/c1-4-19-8-11(9(2)3)16-13-7-12(15)17-14(18-13)10-5-6-10/h7,9-11H,4-6,8H2,1-3H3,(H3,15,16,17,18). The smallest absolute Gasteiger partial charge is 0.136 e. The van der Waals surface area contributed by atoms with Crippen molar-refractivity contribution >= 4 is 11.6 Å². The number of nitrogen functional groups attached to an aromatic ring is 1. The van der Waals surface area contributed by atoms with Gasteiger partial charge in [-0.2, -0.15) is 0 Å². The number of hydrogen-bond donors (Lipinski definition) is 2. The summed E-state index contributed by atoms with van der Waals surface area (Å²) in [6.07, 6.45) is 2.35. The van der Waals surface area contributed by atoms with E-state index in [1.807, 2.05) is 6.92 Å². The van der Waals surface area contributed by atoms with Gasteiger partial charge in [0, 0.05) is 18.6 Å². The van der Waals surface area contributed by atoms with Gasteiger partial charge in [-0.25, -0.2) is 9.97 Å². The normalized spacial score (nSPS) is 16.6. The molecule has 1 heterocycles. The van der Waals surface area contributed by atoms with E-state index in [1.165, 1.54) is 12.8 Å². The van der Waals surface area contributed by atoms with Gasteiger partial charge >= 0.3 is 0 Å². The third kappa shape index (κ3) is 4.06. The summed E-state index contributed by atoms with van der Waals surface area (Å²) in [7, 11) is 0. The van der Waals surface area contributed by atoms with Crippen molar-refractivity contribution in [2.24, 2.45) is 5.92 Å². The monoisotopic (exact) mass is 264 g/mol. The fourth-order valence-corrected chi connectivity index (χ4v) is 1.92. The molecule has 3 N–H and O–H groups in total. The van der Waals surface area contributed by atoms with Crippen LogP contribution in [0, 0.1) is 5.92 Å². The molecule has 5 heteroatoms. The van der Waals surface area contributed by atoms with Gasteiger partial charge in [0.15, 0.2) is 0 Å². The molecule has 2 rings (SSSR count). The largest absolute Gasteiger partial charge is 0.384 e. The van der Waals surface area contributed by atoms with Gasteiger partial charge in [-0.15, -0.1) is 0 Å². The lowest BCUT2D eigenvalue weighted by atomic mass is 10.1. The number of hydrogen-bond acceptors (Lipinski definition) is 5. The molecule has 1 fully saturated rings. The highest BCUT2D eigenvalue weighted by Crippen LogP contribution is 2.38. The number of nitrogens with zero attached hydrogens (tertiary/aromatic N) is 2. The van der Waals surface area contributed by atoms with E-state index < -0.39 is 0 Å². The first kappa shape index (κ1) is 14.1. The second kappa shape index (κ2) is 6.19. The maximum absolute atomic E-state index is 5.85. The Morgan fingerprint density at radius 1 is 1.42 bits per heavy atom. The quantitative estimate of drug-likeness (QED) is 0.791. The van der Waals surface area contributed by atoms with Crippen LogP contribution in [0.15, 0.2) is 6.07 Å². The van der Waals surface area contributed by atoms with Crippen molar-refractivity contribution in [2.45, 2.75) is 45.6 Å². The summed E-state index contributed by atoms with van der Waals surface area (Å²) in [6, 6.07) is 2.04. The van der Waals surface area contributed by atoms with Crippen LogP contribution >= 0.6 is 0 Å². The Morgan fingerprint density at radius 2 is 2.16 bits per heavy atom. The second-order valence-corrected chi connectivity index (χ2v) is 5.46. The summed E-state index contributed by atoms with van der Waals surface area (Å²) >= 11 is 0. The van der Waals surface area contributed by atoms with Crippen LogP contribution in [0.5, 0.6) is 0 Å². The Kier molecular flexibility index (Phi) is 4.58. The summed E-state index contributed by atoms with van der Waals surface area (Å²) in [4.78, 5) is 8.87. The maximum Gasteiger partial charge on any atom is 0.136 e. The van der Waals surface area contributed by atoms with Crippen LogP contribution in [0.1, 0.15) is 45.4 Å². The molecule has 1 atom stereocenters. The third-order valence-corrected chi connectivity index (χ3v) is 3.35. The minimum Gasteiger partial charge on any atom is -0.384 e. The number of nitrogens with two attached hydrogens (primary N) is 1. The molecular formula is C14H24N4O. The molecule has 0 radical (unpaired) electrons. The minimum absolute atomic E-state index is 0.237. The molecule has 1 saturated carbocycles. The predicted molar refractivity (Wildman–Crippen MR) is 77.2 cm³/mol. The zero-order valence-electron chi connectivity index (χ0n) is 12.0. The van der Waals surface area contributed by atoms with E-state index in [-0.39, 0.29) is 6.04 Å². The van der Waals surface area contributed by atoms with E-state index in [9.17, 15) is 0 Å². The molecule has 1 aromatic rings. The number of nitrogens with one attached hydrogen (secondary N) is 1. The van der Waals surface area contributed by atoms with Crippen LogP contribution in [-0.4, -0.2) is 29.2 Å². The Balaban J connectivity index is 2.06. The van der Waals surface area contributed by atoms with Crippen LogP contribution in [0.2, 0.25) is 0 Å². The van der Waals surface area contributed by atoms with Crippen molar-refractivity contribution in [3.8, 4) is 0 Å². The maximum atomic E-state index is 5.85. The van der Waals surface area contributed by atoms with E-state index in [1.54, 1.807) is 6.07 Å². The van der Waals surface area contributed by atoms with Crippen molar-refractivity contribution in [3.63, 3.8) is 0 Å². The summed E-state index contributed by atoms with van der Waals surface area (Å²) in [6.45, 7) is 7.75. The highest BCUT2D eigenvalue weighted by atomic mass is 16.5. The Bertz CT molecular complexity index is 418. The van der Waals surface area contributed by atoms with Gasteiger partial charge in [0.05, 0.1) is 12.6 Å².